The molecule has 1 aliphatic rings. The average molecular weight is 372 g/mol. The van der Waals surface area contributed by atoms with E-state index in [0.29, 0.717) is 25.6 Å². The topological polar surface area (TPSA) is 76.8 Å². The SMILES string of the molecule is COc1cc(CN2CCCCC2CNC(=O)CCN)cc(OC)c1.Cl. The molecule has 0 aromatic heterocycles. The van der Waals surface area contributed by atoms with Gasteiger partial charge >= 0.3 is 0 Å². The number of amides is 1. The standard InChI is InChI=1S/C18H29N3O3.ClH/c1-23-16-9-14(10-17(11-16)24-2)13-21-8-4-3-5-15(21)12-20-18(22)6-7-19;/h9-11,15H,3-8,12-13,19H2,1-2H3,(H,20,22);1H. The van der Waals surface area contributed by atoms with Crippen molar-refractivity contribution in [1.29, 1.82) is 0 Å². The monoisotopic (exact) mass is 371 g/mol. The van der Waals surface area contributed by atoms with Crippen LogP contribution >= 0.6 is 12.4 Å². The van der Waals surface area contributed by atoms with Crippen molar-refractivity contribution in [2.75, 3.05) is 33.9 Å². The number of piperidine rings is 1. The highest BCUT2D eigenvalue weighted by atomic mass is 35.5. The molecule has 1 saturated heterocycles. The van der Waals surface area contributed by atoms with E-state index in [1.807, 2.05) is 18.2 Å². The van der Waals surface area contributed by atoms with E-state index in [0.717, 1.165) is 36.6 Å². The molecule has 1 atom stereocenters. The second-order valence-corrected chi connectivity index (χ2v) is 6.18. The van der Waals surface area contributed by atoms with Crippen LogP contribution in [0.4, 0.5) is 0 Å². The predicted molar refractivity (Wildman–Crippen MR) is 102 cm³/mol. The summed E-state index contributed by atoms with van der Waals surface area (Å²) in [5.74, 6) is 1.63. The quantitative estimate of drug-likeness (QED) is 0.730. The van der Waals surface area contributed by atoms with Gasteiger partial charge in [-0.05, 0) is 37.1 Å². The molecule has 3 N–H and O–H groups in total. The Balaban J connectivity index is 0.00000312. The smallest absolute Gasteiger partial charge is 0.221 e. The molecule has 7 heteroatoms. The second-order valence-electron chi connectivity index (χ2n) is 6.18. The maximum atomic E-state index is 11.7. The van der Waals surface area contributed by atoms with E-state index in [4.69, 9.17) is 15.2 Å². The van der Waals surface area contributed by atoms with Crippen molar-refractivity contribution in [3.63, 3.8) is 0 Å². The molecule has 1 heterocycles. The highest BCUT2D eigenvalue weighted by molar-refractivity contribution is 5.85. The van der Waals surface area contributed by atoms with Crippen LogP contribution in [0.2, 0.25) is 0 Å². The van der Waals surface area contributed by atoms with Gasteiger partial charge in [0.05, 0.1) is 14.2 Å². The Bertz CT molecular complexity index is 520. The third-order valence-corrected chi connectivity index (χ3v) is 4.45. The lowest BCUT2D eigenvalue weighted by atomic mass is 10.0. The normalized spacial score (nSPS) is 17.5. The molecule has 2 rings (SSSR count). The first-order chi connectivity index (χ1) is 11.7. The van der Waals surface area contributed by atoms with E-state index < -0.39 is 0 Å². The number of hydrogen-bond acceptors (Lipinski definition) is 5. The zero-order valence-electron chi connectivity index (χ0n) is 15.1. The van der Waals surface area contributed by atoms with Crippen molar-refractivity contribution in [2.24, 2.45) is 5.73 Å². The molecule has 6 nitrogen and oxygen atoms in total. The van der Waals surface area contributed by atoms with Crippen LogP contribution in [-0.2, 0) is 11.3 Å². The maximum Gasteiger partial charge on any atom is 0.221 e. The van der Waals surface area contributed by atoms with Crippen LogP contribution in [-0.4, -0.2) is 50.7 Å². The molecule has 142 valence electrons. The van der Waals surface area contributed by atoms with Gasteiger partial charge in [-0.3, -0.25) is 9.69 Å². The molecule has 1 amide bonds. The highest BCUT2D eigenvalue weighted by Gasteiger charge is 2.23. The number of nitrogens with zero attached hydrogens (tertiary/aromatic N) is 1. The van der Waals surface area contributed by atoms with Gasteiger partial charge in [0.2, 0.25) is 5.91 Å². The van der Waals surface area contributed by atoms with Crippen LogP contribution in [0.5, 0.6) is 11.5 Å². The van der Waals surface area contributed by atoms with E-state index >= 15 is 0 Å². The summed E-state index contributed by atoms with van der Waals surface area (Å²) < 4.78 is 10.7. The molecule has 1 aliphatic heterocycles. The number of hydrogen-bond donors (Lipinski definition) is 2. The minimum Gasteiger partial charge on any atom is -0.497 e. The lowest BCUT2D eigenvalue weighted by Gasteiger charge is -2.36. The molecule has 1 fully saturated rings. The Kier molecular flexibility index (Phi) is 9.63. The van der Waals surface area contributed by atoms with Gasteiger partial charge < -0.3 is 20.5 Å². The first kappa shape index (κ1) is 21.5. The fourth-order valence-electron chi connectivity index (χ4n) is 3.14. The van der Waals surface area contributed by atoms with Gasteiger partial charge in [0, 0.05) is 38.2 Å². The number of carbonyl (C=O) groups excluding carboxylic acids is 1. The van der Waals surface area contributed by atoms with Crippen LogP contribution in [0.25, 0.3) is 0 Å². The molecular weight excluding hydrogens is 342 g/mol. The molecule has 1 aromatic carbocycles. The largest absolute Gasteiger partial charge is 0.497 e. The highest BCUT2D eigenvalue weighted by Crippen LogP contribution is 2.25. The van der Waals surface area contributed by atoms with Gasteiger partial charge in [0.15, 0.2) is 0 Å². The lowest BCUT2D eigenvalue weighted by Crippen LogP contribution is -2.46. The van der Waals surface area contributed by atoms with Crippen LogP contribution < -0.4 is 20.5 Å². The van der Waals surface area contributed by atoms with Crippen LogP contribution in [0.1, 0.15) is 31.2 Å². The fourth-order valence-corrected chi connectivity index (χ4v) is 3.14. The third kappa shape index (κ3) is 6.72. The number of halogens is 1. The van der Waals surface area contributed by atoms with Crippen molar-refractivity contribution in [1.82, 2.24) is 10.2 Å². The Morgan fingerprint density at radius 1 is 1.24 bits per heavy atom. The summed E-state index contributed by atoms with van der Waals surface area (Å²) in [6, 6.07) is 6.32. The third-order valence-electron chi connectivity index (χ3n) is 4.45. The minimum atomic E-state index is 0. The van der Waals surface area contributed by atoms with E-state index in [2.05, 4.69) is 10.2 Å². The molecule has 0 radical (unpaired) electrons. The van der Waals surface area contributed by atoms with Crippen molar-refractivity contribution in [2.45, 2.75) is 38.3 Å². The number of benzene rings is 1. The van der Waals surface area contributed by atoms with Gasteiger partial charge in [-0.15, -0.1) is 12.4 Å². The number of carbonyl (C=O) groups is 1. The zero-order chi connectivity index (χ0) is 17.4. The van der Waals surface area contributed by atoms with E-state index in [9.17, 15) is 4.79 Å². The summed E-state index contributed by atoms with van der Waals surface area (Å²) in [6.07, 6.45) is 3.88. The number of rotatable bonds is 8. The van der Waals surface area contributed by atoms with Crippen LogP contribution in [0.3, 0.4) is 0 Å². The summed E-state index contributed by atoms with van der Waals surface area (Å²) in [7, 11) is 3.32. The number of nitrogens with one attached hydrogen (secondary N) is 1. The van der Waals surface area contributed by atoms with Crippen molar-refractivity contribution in [3.8, 4) is 11.5 Å². The molecule has 1 unspecified atom stereocenters. The van der Waals surface area contributed by atoms with E-state index in [1.54, 1.807) is 14.2 Å². The molecular formula is C18H30ClN3O3. The summed E-state index contributed by atoms with van der Waals surface area (Å²) in [4.78, 5) is 14.1. The predicted octanol–water partition coefficient (Wildman–Crippen LogP) is 1.95. The van der Waals surface area contributed by atoms with Crippen molar-refractivity contribution < 1.29 is 14.3 Å². The van der Waals surface area contributed by atoms with Crippen LogP contribution in [0, 0.1) is 0 Å². The van der Waals surface area contributed by atoms with Crippen LogP contribution in [0.15, 0.2) is 18.2 Å². The summed E-state index contributed by atoms with van der Waals surface area (Å²) >= 11 is 0. The second kappa shape index (κ2) is 11.2. The van der Waals surface area contributed by atoms with Gasteiger partial charge in [-0.2, -0.15) is 0 Å². The van der Waals surface area contributed by atoms with Gasteiger partial charge in [0.25, 0.3) is 0 Å². The number of nitrogens with two attached hydrogens (primary N) is 1. The average Bonchev–Trinajstić information content (AvgIpc) is 2.61. The van der Waals surface area contributed by atoms with Gasteiger partial charge in [-0.1, -0.05) is 6.42 Å². The lowest BCUT2D eigenvalue weighted by molar-refractivity contribution is -0.121. The molecule has 0 aliphatic carbocycles. The summed E-state index contributed by atoms with van der Waals surface area (Å²) in [5.41, 5.74) is 6.59. The molecule has 0 saturated carbocycles. The first-order valence-electron chi connectivity index (χ1n) is 8.59. The molecule has 0 bridgehead atoms. The molecule has 25 heavy (non-hydrogen) atoms. The van der Waals surface area contributed by atoms with Crippen molar-refractivity contribution in [3.05, 3.63) is 23.8 Å². The van der Waals surface area contributed by atoms with Gasteiger partial charge in [0.1, 0.15) is 11.5 Å². The first-order valence-corrected chi connectivity index (χ1v) is 8.59. The maximum absolute atomic E-state index is 11.7. The Hall–Kier alpha value is -1.50. The zero-order valence-corrected chi connectivity index (χ0v) is 15.9. The Morgan fingerprint density at radius 2 is 1.92 bits per heavy atom. The molecule has 0 spiro atoms. The molecule has 1 aromatic rings. The number of ether oxygens (including phenoxy) is 2. The van der Waals surface area contributed by atoms with Crippen molar-refractivity contribution >= 4 is 18.3 Å². The number of methoxy groups -OCH3 is 2. The Labute approximate surface area is 156 Å². The van der Waals surface area contributed by atoms with Gasteiger partial charge in [-0.25, -0.2) is 0 Å². The van der Waals surface area contributed by atoms with E-state index in [1.165, 1.54) is 12.8 Å². The number of likely N-dealkylation sites (tertiary alicyclic amines) is 1. The fraction of sp³-hybridized carbons (Fsp3) is 0.611. The Morgan fingerprint density at radius 3 is 2.52 bits per heavy atom. The summed E-state index contributed by atoms with van der Waals surface area (Å²) in [6.45, 7) is 2.94. The summed E-state index contributed by atoms with van der Waals surface area (Å²) in [5, 5.41) is 3.00. The van der Waals surface area contributed by atoms with E-state index in [-0.39, 0.29) is 18.3 Å². The minimum absolute atomic E-state index is 0.